The molecule has 14 heavy (non-hydrogen) atoms. The van der Waals surface area contributed by atoms with Crippen LogP contribution in [0.4, 0.5) is 0 Å². The number of thiophene rings is 2. The van der Waals surface area contributed by atoms with Crippen molar-refractivity contribution in [2.24, 2.45) is 0 Å². The summed E-state index contributed by atoms with van der Waals surface area (Å²) in [6.07, 6.45) is 0. The lowest BCUT2D eigenvalue weighted by atomic mass is 10.2. The number of fused-ring (bicyclic) bond motifs is 1. The van der Waals surface area contributed by atoms with E-state index >= 15 is 0 Å². The molecule has 0 aliphatic rings. The predicted octanol–water partition coefficient (Wildman–Crippen LogP) is 4.63. The number of hydrogen-bond donors (Lipinski definition) is 0. The molecule has 0 aliphatic heterocycles. The topological polar surface area (TPSA) is 0 Å². The molecule has 0 bridgehead atoms. The lowest BCUT2D eigenvalue weighted by Gasteiger charge is -1.85. The molecular weight excluding hydrogens is 208 g/mol. The fraction of sp³-hybridized carbons (Fsp3) is 0. The fourth-order valence-corrected chi connectivity index (χ4v) is 3.41. The molecule has 2 heterocycles. The Morgan fingerprint density at radius 3 is 2.57 bits per heavy atom. The van der Waals surface area contributed by atoms with Crippen LogP contribution in [0.25, 0.3) is 19.8 Å². The second-order valence-corrected chi connectivity index (χ2v) is 5.16. The largest absolute Gasteiger partial charge is 0.143 e. The first-order valence-electron chi connectivity index (χ1n) is 4.46. The Morgan fingerprint density at radius 1 is 0.857 bits per heavy atom. The highest BCUT2D eigenvalue weighted by atomic mass is 32.1. The molecule has 2 heteroatoms. The zero-order valence-electron chi connectivity index (χ0n) is 7.44. The van der Waals surface area contributed by atoms with Crippen LogP contribution in [0.1, 0.15) is 0 Å². The van der Waals surface area contributed by atoms with Crippen LogP contribution in [0.15, 0.2) is 47.8 Å². The van der Waals surface area contributed by atoms with E-state index in [9.17, 15) is 0 Å². The standard InChI is InChI=1S/C12H8S2/c1-2-5-10-9(4-1)8-12(14-10)11-6-3-7-13-11/h1-8H. The van der Waals surface area contributed by atoms with E-state index in [4.69, 9.17) is 0 Å². The van der Waals surface area contributed by atoms with Crippen molar-refractivity contribution in [3.05, 3.63) is 47.8 Å². The molecule has 0 radical (unpaired) electrons. The van der Waals surface area contributed by atoms with Crippen LogP contribution >= 0.6 is 22.7 Å². The average Bonchev–Trinajstić information content (AvgIpc) is 2.86. The van der Waals surface area contributed by atoms with E-state index in [1.165, 1.54) is 19.8 Å². The number of benzene rings is 1. The Balaban J connectivity index is 2.24. The zero-order valence-corrected chi connectivity index (χ0v) is 9.07. The third kappa shape index (κ3) is 1.27. The van der Waals surface area contributed by atoms with Crippen LogP contribution in [0.5, 0.6) is 0 Å². The Labute approximate surface area is 90.5 Å². The molecule has 68 valence electrons. The molecule has 3 rings (SSSR count). The van der Waals surface area contributed by atoms with Gasteiger partial charge in [0.25, 0.3) is 0 Å². The maximum absolute atomic E-state index is 2.27. The smallest absolute Gasteiger partial charge is 0.0455 e. The lowest BCUT2D eigenvalue weighted by Crippen LogP contribution is -1.58. The molecular formula is C12H8S2. The molecule has 2 aromatic heterocycles. The van der Waals surface area contributed by atoms with Crippen molar-refractivity contribution in [2.45, 2.75) is 0 Å². The lowest BCUT2D eigenvalue weighted by molar-refractivity contribution is 1.85. The highest BCUT2D eigenvalue weighted by Crippen LogP contribution is 2.35. The minimum Gasteiger partial charge on any atom is -0.143 e. The van der Waals surface area contributed by atoms with E-state index in [-0.39, 0.29) is 0 Å². The number of rotatable bonds is 1. The van der Waals surface area contributed by atoms with Gasteiger partial charge in [0, 0.05) is 14.5 Å². The summed E-state index contributed by atoms with van der Waals surface area (Å²) in [4.78, 5) is 2.74. The highest BCUT2D eigenvalue weighted by Gasteiger charge is 2.03. The van der Waals surface area contributed by atoms with Crippen LogP contribution < -0.4 is 0 Å². The zero-order chi connectivity index (χ0) is 9.38. The van der Waals surface area contributed by atoms with Crippen molar-refractivity contribution in [1.29, 1.82) is 0 Å². The Kier molecular flexibility index (Phi) is 1.89. The van der Waals surface area contributed by atoms with Crippen molar-refractivity contribution >= 4 is 32.8 Å². The first-order chi connectivity index (χ1) is 6.93. The van der Waals surface area contributed by atoms with E-state index in [1.54, 1.807) is 11.3 Å². The summed E-state index contributed by atoms with van der Waals surface area (Å²) < 4.78 is 1.37. The SMILES string of the molecule is c1csc(-c2cc3ccccc3s2)c1. The first kappa shape index (κ1) is 8.21. The van der Waals surface area contributed by atoms with Gasteiger partial charge in [-0.25, -0.2) is 0 Å². The Morgan fingerprint density at radius 2 is 1.79 bits per heavy atom. The van der Waals surface area contributed by atoms with E-state index in [2.05, 4.69) is 47.8 Å². The summed E-state index contributed by atoms with van der Waals surface area (Å²) in [6, 6.07) is 15.1. The molecule has 1 aromatic carbocycles. The summed E-state index contributed by atoms with van der Waals surface area (Å²) in [5.74, 6) is 0. The summed E-state index contributed by atoms with van der Waals surface area (Å²) in [5.41, 5.74) is 0. The monoisotopic (exact) mass is 216 g/mol. The van der Waals surface area contributed by atoms with Gasteiger partial charge in [0.1, 0.15) is 0 Å². The molecule has 3 aromatic rings. The molecule has 0 aliphatic carbocycles. The molecule has 0 fully saturated rings. The van der Waals surface area contributed by atoms with Crippen molar-refractivity contribution in [2.75, 3.05) is 0 Å². The van der Waals surface area contributed by atoms with Gasteiger partial charge in [-0.2, -0.15) is 0 Å². The van der Waals surface area contributed by atoms with Gasteiger partial charge in [-0.3, -0.25) is 0 Å². The second kappa shape index (κ2) is 3.23. The normalized spacial score (nSPS) is 10.9. The molecule has 0 amide bonds. The molecule has 0 atom stereocenters. The third-order valence-electron chi connectivity index (χ3n) is 2.19. The first-order valence-corrected chi connectivity index (χ1v) is 6.15. The Bertz CT molecular complexity index is 513. The van der Waals surface area contributed by atoms with Crippen molar-refractivity contribution in [1.82, 2.24) is 0 Å². The van der Waals surface area contributed by atoms with E-state index in [0.29, 0.717) is 0 Å². The fourth-order valence-electron chi connectivity index (χ4n) is 1.52. The van der Waals surface area contributed by atoms with E-state index in [1.807, 2.05) is 11.3 Å². The van der Waals surface area contributed by atoms with Gasteiger partial charge in [-0.05, 0) is 29.0 Å². The van der Waals surface area contributed by atoms with Crippen molar-refractivity contribution in [3.63, 3.8) is 0 Å². The molecule has 0 spiro atoms. The van der Waals surface area contributed by atoms with Crippen molar-refractivity contribution in [3.8, 4) is 9.75 Å². The van der Waals surface area contributed by atoms with Gasteiger partial charge >= 0.3 is 0 Å². The van der Waals surface area contributed by atoms with Crippen molar-refractivity contribution < 1.29 is 0 Å². The van der Waals surface area contributed by atoms with E-state index < -0.39 is 0 Å². The van der Waals surface area contributed by atoms with Crippen LogP contribution in [-0.2, 0) is 0 Å². The quantitative estimate of drug-likeness (QED) is 0.556. The molecule has 0 unspecified atom stereocenters. The van der Waals surface area contributed by atoms with Gasteiger partial charge < -0.3 is 0 Å². The maximum atomic E-state index is 2.27. The molecule has 0 saturated heterocycles. The molecule has 0 N–H and O–H groups in total. The average molecular weight is 216 g/mol. The summed E-state index contributed by atoms with van der Waals surface area (Å²) in [5, 5.41) is 3.47. The van der Waals surface area contributed by atoms with Crippen LogP contribution in [0.3, 0.4) is 0 Å². The van der Waals surface area contributed by atoms with Crippen LogP contribution in [-0.4, -0.2) is 0 Å². The molecule has 0 saturated carbocycles. The minimum atomic E-state index is 1.35. The van der Waals surface area contributed by atoms with Gasteiger partial charge in [0.2, 0.25) is 0 Å². The summed E-state index contributed by atoms with van der Waals surface area (Å²) >= 11 is 3.67. The van der Waals surface area contributed by atoms with Gasteiger partial charge in [-0.15, -0.1) is 22.7 Å². The number of hydrogen-bond acceptors (Lipinski definition) is 2. The minimum absolute atomic E-state index is 1.35. The van der Waals surface area contributed by atoms with E-state index in [0.717, 1.165) is 0 Å². The third-order valence-corrected chi connectivity index (χ3v) is 4.37. The van der Waals surface area contributed by atoms with Gasteiger partial charge in [0.05, 0.1) is 0 Å². The Hall–Kier alpha value is -1.12. The predicted molar refractivity (Wildman–Crippen MR) is 65.1 cm³/mol. The summed E-state index contributed by atoms with van der Waals surface area (Å²) in [7, 11) is 0. The van der Waals surface area contributed by atoms with Crippen LogP contribution in [0, 0.1) is 0 Å². The summed E-state index contributed by atoms with van der Waals surface area (Å²) in [6.45, 7) is 0. The van der Waals surface area contributed by atoms with Gasteiger partial charge in [-0.1, -0.05) is 24.3 Å². The van der Waals surface area contributed by atoms with Crippen LogP contribution in [0.2, 0.25) is 0 Å². The second-order valence-electron chi connectivity index (χ2n) is 3.13. The highest BCUT2D eigenvalue weighted by molar-refractivity contribution is 7.25. The maximum Gasteiger partial charge on any atom is 0.0455 e. The molecule has 0 nitrogen and oxygen atoms in total. The van der Waals surface area contributed by atoms with Gasteiger partial charge in [0.15, 0.2) is 0 Å².